The predicted octanol–water partition coefficient (Wildman–Crippen LogP) is 1.79. The van der Waals surface area contributed by atoms with Gasteiger partial charge in [-0.05, 0) is 31.4 Å². The summed E-state index contributed by atoms with van der Waals surface area (Å²) in [4.78, 5) is 2.57. The third-order valence-corrected chi connectivity index (χ3v) is 3.81. The fourth-order valence-corrected chi connectivity index (χ4v) is 2.91. The van der Waals surface area contributed by atoms with E-state index in [-0.39, 0.29) is 0 Å². The van der Waals surface area contributed by atoms with Crippen molar-refractivity contribution in [2.75, 3.05) is 24.5 Å². The van der Waals surface area contributed by atoms with Gasteiger partial charge in [0.25, 0.3) is 0 Å². The molecule has 2 aliphatic rings. The number of hydrogen-bond donors (Lipinski definition) is 1. The Labute approximate surface area is 91.3 Å². The van der Waals surface area contributed by atoms with Crippen molar-refractivity contribution >= 4 is 5.69 Å². The first kappa shape index (κ1) is 9.22. The van der Waals surface area contributed by atoms with Crippen molar-refractivity contribution in [3.8, 4) is 0 Å². The van der Waals surface area contributed by atoms with E-state index in [1.807, 2.05) is 0 Å². The molecule has 2 fully saturated rings. The second-order valence-electron chi connectivity index (χ2n) is 4.80. The molecule has 0 bridgehead atoms. The molecule has 1 aromatic carbocycles. The Morgan fingerprint density at radius 1 is 1.20 bits per heavy atom. The molecule has 2 aliphatic heterocycles. The van der Waals surface area contributed by atoms with Gasteiger partial charge in [-0.25, -0.2) is 0 Å². The number of nitrogens with zero attached hydrogens (tertiary/aromatic N) is 1. The fraction of sp³-hybridized carbons (Fsp3) is 0.538. The summed E-state index contributed by atoms with van der Waals surface area (Å²) >= 11 is 0. The number of nitrogens with one attached hydrogen (secondary N) is 1. The predicted molar refractivity (Wildman–Crippen MR) is 63.3 cm³/mol. The molecule has 2 atom stereocenters. The minimum atomic E-state index is 0.743. The third-order valence-electron chi connectivity index (χ3n) is 3.81. The average Bonchev–Trinajstić information content (AvgIpc) is 2.80. The van der Waals surface area contributed by atoms with Crippen molar-refractivity contribution < 1.29 is 0 Å². The highest BCUT2D eigenvalue weighted by molar-refractivity contribution is 5.50. The topological polar surface area (TPSA) is 15.3 Å². The molecule has 2 heterocycles. The molecule has 3 rings (SSSR count). The molecule has 2 nitrogen and oxygen atoms in total. The summed E-state index contributed by atoms with van der Waals surface area (Å²) in [5.74, 6) is 0.881. The van der Waals surface area contributed by atoms with Crippen LogP contribution in [0.15, 0.2) is 24.3 Å². The Bertz CT molecular complexity index is 344. The highest BCUT2D eigenvalue weighted by Crippen LogP contribution is 2.31. The first-order valence-corrected chi connectivity index (χ1v) is 5.88. The summed E-state index contributed by atoms with van der Waals surface area (Å²) in [6.45, 7) is 5.76. The zero-order chi connectivity index (χ0) is 10.3. The summed E-state index contributed by atoms with van der Waals surface area (Å²) in [6.07, 6.45) is 1.35. The lowest BCUT2D eigenvalue weighted by atomic mass is 10.0. The summed E-state index contributed by atoms with van der Waals surface area (Å²) in [5, 5.41) is 3.49. The monoisotopic (exact) mass is 202 g/mol. The van der Waals surface area contributed by atoms with E-state index in [1.165, 1.54) is 37.3 Å². The standard InChI is InChI=1S/C13H18N2/c1-10-2-4-12(5-3-10)15-7-6-11-8-14-9-13(11)15/h2-5,11,13-14H,6-9H2,1H3. The number of aryl methyl sites for hydroxylation is 1. The largest absolute Gasteiger partial charge is 0.367 e. The van der Waals surface area contributed by atoms with E-state index < -0.39 is 0 Å². The maximum absolute atomic E-state index is 3.49. The zero-order valence-electron chi connectivity index (χ0n) is 9.24. The molecule has 2 saturated heterocycles. The van der Waals surface area contributed by atoms with E-state index >= 15 is 0 Å². The van der Waals surface area contributed by atoms with E-state index in [0.29, 0.717) is 0 Å². The molecule has 15 heavy (non-hydrogen) atoms. The Hall–Kier alpha value is -1.02. The Balaban J connectivity index is 1.85. The molecule has 0 radical (unpaired) electrons. The molecule has 0 amide bonds. The van der Waals surface area contributed by atoms with E-state index in [2.05, 4.69) is 41.4 Å². The van der Waals surface area contributed by atoms with Crippen LogP contribution in [0.25, 0.3) is 0 Å². The molecule has 0 aliphatic carbocycles. The van der Waals surface area contributed by atoms with Gasteiger partial charge in [0.2, 0.25) is 0 Å². The molecule has 1 aromatic rings. The van der Waals surface area contributed by atoms with E-state index in [9.17, 15) is 0 Å². The van der Waals surface area contributed by atoms with Gasteiger partial charge in [-0.2, -0.15) is 0 Å². The summed E-state index contributed by atoms with van der Waals surface area (Å²) in [7, 11) is 0. The van der Waals surface area contributed by atoms with Crippen molar-refractivity contribution in [2.24, 2.45) is 5.92 Å². The van der Waals surface area contributed by atoms with Crippen LogP contribution in [-0.4, -0.2) is 25.7 Å². The lowest BCUT2D eigenvalue weighted by Crippen LogP contribution is -2.33. The number of anilines is 1. The van der Waals surface area contributed by atoms with Gasteiger partial charge in [0.15, 0.2) is 0 Å². The molecule has 0 aromatic heterocycles. The quantitative estimate of drug-likeness (QED) is 0.747. The van der Waals surface area contributed by atoms with E-state index in [4.69, 9.17) is 0 Å². The lowest BCUT2D eigenvalue weighted by Gasteiger charge is -2.25. The van der Waals surface area contributed by atoms with E-state index in [1.54, 1.807) is 0 Å². The van der Waals surface area contributed by atoms with Crippen molar-refractivity contribution in [3.63, 3.8) is 0 Å². The van der Waals surface area contributed by atoms with Gasteiger partial charge in [-0.3, -0.25) is 0 Å². The number of rotatable bonds is 1. The van der Waals surface area contributed by atoms with Crippen LogP contribution in [0.1, 0.15) is 12.0 Å². The number of hydrogen-bond acceptors (Lipinski definition) is 2. The van der Waals surface area contributed by atoms with Crippen LogP contribution in [-0.2, 0) is 0 Å². The normalized spacial score (nSPS) is 29.5. The maximum atomic E-state index is 3.49. The summed E-state index contributed by atoms with van der Waals surface area (Å²) in [6, 6.07) is 9.69. The van der Waals surface area contributed by atoms with Gasteiger partial charge >= 0.3 is 0 Å². The minimum absolute atomic E-state index is 0.743. The number of benzene rings is 1. The van der Waals surface area contributed by atoms with Crippen LogP contribution in [0.2, 0.25) is 0 Å². The van der Waals surface area contributed by atoms with Crippen LogP contribution < -0.4 is 10.2 Å². The summed E-state index contributed by atoms with van der Waals surface area (Å²) in [5.41, 5.74) is 2.75. The molecule has 2 unspecified atom stereocenters. The SMILES string of the molecule is Cc1ccc(N2CCC3CNCC32)cc1. The molecule has 0 spiro atoms. The molecule has 2 heteroatoms. The molecular formula is C13H18N2. The van der Waals surface area contributed by atoms with Crippen molar-refractivity contribution in [1.29, 1.82) is 0 Å². The molecule has 1 N–H and O–H groups in total. The van der Waals surface area contributed by atoms with Gasteiger partial charge in [0.05, 0.1) is 0 Å². The Morgan fingerprint density at radius 2 is 2.00 bits per heavy atom. The maximum Gasteiger partial charge on any atom is 0.0455 e. The van der Waals surface area contributed by atoms with Gasteiger partial charge in [-0.1, -0.05) is 17.7 Å². The Kier molecular flexibility index (Phi) is 2.17. The van der Waals surface area contributed by atoms with Crippen LogP contribution in [0.3, 0.4) is 0 Å². The van der Waals surface area contributed by atoms with Crippen LogP contribution in [0.4, 0.5) is 5.69 Å². The highest BCUT2D eigenvalue weighted by atomic mass is 15.2. The second kappa shape index (κ2) is 3.53. The lowest BCUT2D eigenvalue weighted by molar-refractivity contribution is 0.578. The van der Waals surface area contributed by atoms with Crippen molar-refractivity contribution in [2.45, 2.75) is 19.4 Å². The Morgan fingerprint density at radius 3 is 2.80 bits per heavy atom. The van der Waals surface area contributed by atoms with Crippen molar-refractivity contribution in [1.82, 2.24) is 5.32 Å². The molecule has 80 valence electrons. The van der Waals surface area contributed by atoms with Crippen LogP contribution in [0, 0.1) is 12.8 Å². The van der Waals surface area contributed by atoms with Gasteiger partial charge in [0.1, 0.15) is 0 Å². The molecule has 0 saturated carbocycles. The minimum Gasteiger partial charge on any atom is -0.367 e. The smallest absolute Gasteiger partial charge is 0.0455 e. The van der Waals surface area contributed by atoms with Gasteiger partial charge in [0, 0.05) is 31.4 Å². The second-order valence-corrected chi connectivity index (χ2v) is 4.80. The van der Waals surface area contributed by atoms with Crippen LogP contribution >= 0.6 is 0 Å². The van der Waals surface area contributed by atoms with E-state index in [0.717, 1.165) is 12.0 Å². The van der Waals surface area contributed by atoms with Crippen molar-refractivity contribution in [3.05, 3.63) is 29.8 Å². The fourth-order valence-electron chi connectivity index (χ4n) is 2.91. The zero-order valence-corrected chi connectivity index (χ0v) is 9.24. The average molecular weight is 202 g/mol. The first-order chi connectivity index (χ1) is 7.34. The highest BCUT2D eigenvalue weighted by Gasteiger charge is 2.37. The van der Waals surface area contributed by atoms with Gasteiger partial charge < -0.3 is 10.2 Å². The first-order valence-electron chi connectivity index (χ1n) is 5.88. The molecular weight excluding hydrogens is 184 g/mol. The van der Waals surface area contributed by atoms with Gasteiger partial charge in [-0.15, -0.1) is 0 Å². The third kappa shape index (κ3) is 1.53. The number of fused-ring (bicyclic) bond motifs is 1. The summed E-state index contributed by atoms with van der Waals surface area (Å²) < 4.78 is 0. The van der Waals surface area contributed by atoms with Crippen LogP contribution in [0.5, 0.6) is 0 Å².